The van der Waals surface area contributed by atoms with Crippen molar-refractivity contribution >= 4 is 22.6 Å². The number of rotatable bonds is 10. The largest absolute Gasteiger partial charge is 0.489 e. The molecule has 3 N–H and O–H groups in total. The maximum Gasteiger partial charge on any atom is 0.234 e. The molecule has 2 atom stereocenters. The number of ether oxygens (including phenoxy) is 1. The van der Waals surface area contributed by atoms with Crippen LogP contribution < -0.4 is 10.1 Å². The first-order chi connectivity index (χ1) is 20.8. The number of carbonyl (C=O) groups is 2. The van der Waals surface area contributed by atoms with Crippen LogP contribution >= 0.6 is 0 Å². The molecule has 44 heavy (non-hydrogen) atoms. The summed E-state index contributed by atoms with van der Waals surface area (Å²) in [6.45, 7) is 5.03. The van der Waals surface area contributed by atoms with Crippen molar-refractivity contribution in [3.8, 4) is 17.0 Å². The van der Waals surface area contributed by atoms with Crippen molar-refractivity contribution in [2.45, 2.75) is 63.1 Å². The van der Waals surface area contributed by atoms with E-state index in [0.29, 0.717) is 33.8 Å². The molecule has 9 nitrogen and oxygen atoms in total. The van der Waals surface area contributed by atoms with Gasteiger partial charge in [-0.3, -0.25) is 14.3 Å². The molecule has 0 unspecified atom stereocenters. The summed E-state index contributed by atoms with van der Waals surface area (Å²) in [6, 6.07) is 12.9. The minimum atomic E-state index is -1.44. The number of nitrogens with one attached hydrogen (secondary N) is 1. The number of hydrogen-bond donors (Lipinski definition) is 3. The molecule has 4 aromatic rings. The van der Waals surface area contributed by atoms with Crippen LogP contribution in [0, 0.1) is 11.7 Å². The van der Waals surface area contributed by atoms with Crippen LogP contribution in [0.15, 0.2) is 54.7 Å². The number of carbonyl (C=O) groups excluding carboxylic acids is 2. The van der Waals surface area contributed by atoms with E-state index >= 15 is 0 Å². The van der Waals surface area contributed by atoms with E-state index in [4.69, 9.17) is 9.72 Å². The van der Waals surface area contributed by atoms with Crippen molar-refractivity contribution < 1.29 is 28.9 Å². The van der Waals surface area contributed by atoms with E-state index < -0.39 is 22.4 Å². The second kappa shape index (κ2) is 10.8. The molecule has 2 aliphatic rings. The first kappa shape index (κ1) is 29.9. The van der Waals surface area contributed by atoms with Gasteiger partial charge in [0.2, 0.25) is 5.91 Å². The molecule has 2 aromatic heterocycles. The molecule has 1 fully saturated rings. The number of aryl methyl sites for hydroxylation is 1. The third-order valence-corrected chi connectivity index (χ3v) is 8.74. The number of Topliss-reactive ketones (excluding diaryl/α,β-unsaturated/α-hetero) is 1. The second-order valence-corrected chi connectivity index (χ2v) is 13.1. The molecule has 6 rings (SSSR count). The third kappa shape index (κ3) is 5.59. The van der Waals surface area contributed by atoms with Gasteiger partial charge in [0, 0.05) is 48.3 Å². The van der Waals surface area contributed by atoms with Gasteiger partial charge in [-0.05, 0) is 94.5 Å². The first-order valence-electron chi connectivity index (χ1n) is 14.9. The average molecular weight is 601 g/mol. The van der Waals surface area contributed by atoms with Crippen LogP contribution in [0.1, 0.15) is 68.1 Å². The normalized spacial score (nSPS) is 19.3. The van der Waals surface area contributed by atoms with Crippen LogP contribution in [-0.4, -0.2) is 55.4 Å². The van der Waals surface area contributed by atoms with Crippen molar-refractivity contribution in [3.05, 3.63) is 77.4 Å². The van der Waals surface area contributed by atoms with Gasteiger partial charge >= 0.3 is 0 Å². The van der Waals surface area contributed by atoms with Crippen LogP contribution in [0.3, 0.4) is 0 Å². The Bertz CT molecular complexity index is 1760. The highest BCUT2D eigenvalue weighted by Crippen LogP contribution is 2.51. The molecule has 0 radical (unpaired) electrons. The van der Waals surface area contributed by atoms with Gasteiger partial charge in [0.1, 0.15) is 34.9 Å². The maximum atomic E-state index is 13.9. The van der Waals surface area contributed by atoms with Crippen LogP contribution in [0.2, 0.25) is 0 Å². The monoisotopic (exact) mass is 600 g/mol. The van der Waals surface area contributed by atoms with Gasteiger partial charge in [0.25, 0.3) is 0 Å². The zero-order valence-electron chi connectivity index (χ0n) is 25.4. The van der Waals surface area contributed by atoms with E-state index in [1.165, 1.54) is 12.1 Å². The van der Waals surface area contributed by atoms with Crippen molar-refractivity contribution in [1.82, 2.24) is 20.1 Å². The van der Waals surface area contributed by atoms with E-state index in [1.807, 2.05) is 25.4 Å². The topological polar surface area (TPSA) is 127 Å². The first-order valence-corrected chi connectivity index (χ1v) is 14.9. The molecule has 1 aliphatic heterocycles. The van der Waals surface area contributed by atoms with Gasteiger partial charge in [0.05, 0.1) is 16.8 Å². The minimum absolute atomic E-state index is 0.0243. The summed E-state index contributed by atoms with van der Waals surface area (Å²) in [7, 11) is 1.83. The summed E-state index contributed by atoms with van der Waals surface area (Å²) in [6.07, 6.45) is 3.63. The van der Waals surface area contributed by atoms with Crippen molar-refractivity contribution in [2.75, 3.05) is 13.2 Å². The second-order valence-electron chi connectivity index (χ2n) is 13.1. The van der Waals surface area contributed by atoms with Crippen LogP contribution in [0.5, 0.6) is 5.75 Å². The van der Waals surface area contributed by atoms with E-state index in [0.717, 1.165) is 23.7 Å². The number of ketones is 1. The van der Waals surface area contributed by atoms with E-state index in [1.54, 1.807) is 49.7 Å². The highest BCUT2D eigenvalue weighted by molar-refractivity contribution is 5.99. The van der Waals surface area contributed by atoms with Crippen LogP contribution in [0.25, 0.3) is 22.2 Å². The van der Waals surface area contributed by atoms with Crippen molar-refractivity contribution in [1.29, 1.82) is 0 Å². The van der Waals surface area contributed by atoms with Crippen LogP contribution in [-0.2, 0) is 22.9 Å². The molecule has 10 heteroatoms. The molecule has 0 spiro atoms. The third-order valence-electron chi connectivity index (χ3n) is 8.74. The number of nitrogens with zero attached hydrogens (tertiary/aromatic N) is 3. The molecule has 0 bridgehead atoms. The Hall–Kier alpha value is -4.15. The SMILES string of the molecule is Cn1cc2cc(C(=O)CC[C@](O)(c3cc4c(c(-c5ccc(F)cc5)n3)OC[C@]4(C)C(=O)NCC(C)(C)O)C3CC3)ccc2n1. The highest BCUT2D eigenvalue weighted by atomic mass is 19.1. The molecule has 3 heterocycles. The summed E-state index contributed by atoms with van der Waals surface area (Å²) in [5.41, 5.74) is -0.501. The van der Waals surface area contributed by atoms with E-state index in [2.05, 4.69) is 10.4 Å². The number of aromatic nitrogens is 3. The number of hydrogen-bond acceptors (Lipinski definition) is 7. The van der Waals surface area contributed by atoms with Gasteiger partial charge in [-0.2, -0.15) is 5.10 Å². The lowest BCUT2D eigenvalue weighted by Crippen LogP contribution is -2.48. The fourth-order valence-corrected chi connectivity index (χ4v) is 5.96. The Balaban J connectivity index is 1.38. The van der Waals surface area contributed by atoms with Gasteiger partial charge in [-0.15, -0.1) is 0 Å². The summed E-state index contributed by atoms with van der Waals surface area (Å²) < 4.78 is 21.7. The van der Waals surface area contributed by atoms with Gasteiger partial charge < -0.3 is 20.3 Å². The Labute approximate surface area is 255 Å². The predicted molar refractivity (Wildman–Crippen MR) is 163 cm³/mol. The fourth-order valence-electron chi connectivity index (χ4n) is 5.96. The average Bonchev–Trinajstić information content (AvgIpc) is 3.70. The number of aliphatic hydroxyl groups is 2. The number of pyridine rings is 1. The smallest absolute Gasteiger partial charge is 0.234 e. The van der Waals surface area contributed by atoms with Crippen molar-refractivity contribution in [3.63, 3.8) is 0 Å². The number of benzene rings is 2. The molecule has 2 aromatic carbocycles. The zero-order chi connectivity index (χ0) is 31.4. The molecule has 1 saturated carbocycles. The Morgan fingerprint density at radius 3 is 2.55 bits per heavy atom. The van der Waals surface area contributed by atoms with Crippen LogP contribution in [0.4, 0.5) is 4.39 Å². The Kier molecular flexibility index (Phi) is 7.33. The summed E-state index contributed by atoms with van der Waals surface area (Å²) >= 11 is 0. The maximum absolute atomic E-state index is 13.9. The number of halogens is 1. The Morgan fingerprint density at radius 2 is 1.86 bits per heavy atom. The molecular formula is C34H37FN4O5. The molecule has 1 amide bonds. The minimum Gasteiger partial charge on any atom is -0.489 e. The summed E-state index contributed by atoms with van der Waals surface area (Å²) in [4.78, 5) is 31.8. The van der Waals surface area contributed by atoms with Crippen molar-refractivity contribution in [2.24, 2.45) is 13.0 Å². The van der Waals surface area contributed by atoms with E-state index in [-0.39, 0.29) is 43.6 Å². The standard InChI is InChI=1S/C34H37FN4O5/c1-32(2,42)18-36-31(41)33(3)19-44-30-25(33)16-28(37-29(30)20-5-10-24(35)11-6-20)34(43,23-8-9-23)14-13-27(40)21-7-12-26-22(15-21)17-39(4)38-26/h5-7,10-12,15-17,23,42-43H,8-9,13-14,18-19H2,1-4H3,(H,36,41)/t33-,34+/m0/s1. The number of fused-ring (bicyclic) bond motifs is 2. The van der Waals surface area contributed by atoms with Gasteiger partial charge in [0.15, 0.2) is 5.78 Å². The highest BCUT2D eigenvalue weighted by Gasteiger charge is 2.50. The number of amides is 1. The summed E-state index contributed by atoms with van der Waals surface area (Å²) in [5, 5.41) is 30.6. The van der Waals surface area contributed by atoms with Gasteiger partial charge in [-0.25, -0.2) is 9.37 Å². The zero-order valence-corrected chi connectivity index (χ0v) is 25.4. The lowest BCUT2D eigenvalue weighted by Gasteiger charge is -2.30. The predicted octanol–water partition coefficient (Wildman–Crippen LogP) is 4.57. The lowest BCUT2D eigenvalue weighted by atomic mass is 9.79. The quantitative estimate of drug-likeness (QED) is 0.228. The molecule has 230 valence electrons. The summed E-state index contributed by atoms with van der Waals surface area (Å²) in [5.74, 6) is -0.568. The molecular weight excluding hydrogens is 563 g/mol. The fraction of sp³-hybridized carbons (Fsp3) is 0.412. The molecule has 0 saturated heterocycles. The lowest BCUT2D eigenvalue weighted by molar-refractivity contribution is -0.127. The van der Waals surface area contributed by atoms with E-state index in [9.17, 15) is 24.2 Å². The Morgan fingerprint density at radius 1 is 1.14 bits per heavy atom. The molecule has 1 aliphatic carbocycles. The van der Waals surface area contributed by atoms with Gasteiger partial charge in [-0.1, -0.05) is 0 Å².